The molecule has 1 amide bonds. The Bertz CT molecular complexity index is 877. The maximum Gasteiger partial charge on any atom is 0.220 e. The Kier molecular flexibility index (Phi) is 6.75. The van der Waals surface area contributed by atoms with E-state index in [1.165, 1.54) is 0 Å². The molecule has 0 radical (unpaired) electrons. The van der Waals surface area contributed by atoms with Gasteiger partial charge in [-0.15, -0.1) is 0 Å². The van der Waals surface area contributed by atoms with E-state index in [2.05, 4.69) is 20.5 Å². The summed E-state index contributed by atoms with van der Waals surface area (Å²) < 4.78 is 5.81. The number of H-pyrrole nitrogens is 1. The lowest BCUT2D eigenvalue weighted by atomic mass is 10.1. The van der Waals surface area contributed by atoms with Crippen molar-refractivity contribution in [2.24, 2.45) is 0 Å². The number of aromatic amines is 1. The zero-order valence-electron chi connectivity index (χ0n) is 15.8. The molecule has 3 N–H and O–H groups in total. The third-order valence-electron chi connectivity index (χ3n) is 4.15. The molecule has 0 saturated heterocycles. The Morgan fingerprint density at radius 2 is 2.11 bits per heavy atom. The first-order chi connectivity index (χ1) is 13.6. The van der Waals surface area contributed by atoms with Crippen molar-refractivity contribution in [2.75, 3.05) is 6.54 Å². The number of aromatic nitrogens is 3. The van der Waals surface area contributed by atoms with Gasteiger partial charge in [-0.1, -0.05) is 24.3 Å². The van der Waals surface area contributed by atoms with Crippen LogP contribution in [0.2, 0.25) is 0 Å². The fraction of sp³-hybridized carbons (Fsp3) is 0.286. The highest BCUT2D eigenvalue weighted by Crippen LogP contribution is 2.18. The van der Waals surface area contributed by atoms with Crippen LogP contribution in [-0.4, -0.2) is 38.8 Å². The van der Waals surface area contributed by atoms with Gasteiger partial charge in [0, 0.05) is 19.2 Å². The van der Waals surface area contributed by atoms with E-state index in [0.717, 1.165) is 22.5 Å². The molecule has 0 unspecified atom stereocenters. The van der Waals surface area contributed by atoms with E-state index < -0.39 is 6.10 Å². The van der Waals surface area contributed by atoms with Crippen LogP contribution in [0.5, 0.6) is 5.75 Å². The summed E-state index contributed by atoms with van der Waals surface area (Å²) in [6.07, 6.45) is 3.86. The van der Waals surface area contributed by atoms with Crippen LogP contribution in [0.3, 0.4) is 0 Å². The van der Waals surface area contributed by atoms with Crippen LogP contribution in [0.1, 0.15) is 24.5 Å². The molecule has 0 bridgehead atoms. The zero-order chi connectivity index (χ0) is 19.8. The number of ether oxygens (including phenoxy) is 1. The second-order valence-corrected chi connectivity index (χ2v) is 6.61. The molecule has 28 heavy (non-hydrogen) atoms. The van der Waals surface area contributed by atoms with Crippen LogP contribution >= 0.6 is 0 Å². The van der Waals surface area contributed by atoms with Crippen LogP contribution in [0.4, 0.5) is 0 Å². The van der Waals surface area contributed by atoms with Gasteiger partial charge in [0.05, 0.1) is 23.7 Å². The van der Waals surface area contributed by atoms with E-state index >= 15 is 0 Å². The summed E-state index contributed by atoms with van der Waals surface area (Å²) in [6.45, 7) is 2.34. The van der Waals surface area contributed by atoms with Crippen molar-refractivity contribution in [2.45, 2.75) is 32.5 Å². The van der Waals surface area contributed by atoms with Crippen molar-refractivity contribution < 1.29 is 14.6 Å². The number of rotatable bonds is 9. The summed E-state index contributed by atoms with van der Waals surface area (Å²) in [7, 11) is 0. The molecule has 7 heteroatoms. The number of hydrogen-bond acceptors (Lipinski definition) is 5. The minimum Gasteiger partial charge on any atom is -0.487 e. The summed E-state index contributed by atoms with van der Waals surface area (Å²) in [5.41, 5.74) is 3.76. The zero-order valence-corrected chi connectivity index (χ0v) is 15.8. The average Bonchev–Trinajstić information content (AvgIpc) is 3.25. The molecular weight excluding hydrogens is 356 g/mol. The van der Waals surface area contributed by atoms with Gasteiger partial charge in [-0.25, -0.2) is 0 Å². The summed E-state index contributed by atoms with van der Waals surface area (Å²) >= 11 is 0. The molecule has 7 nitrogen and oxygen atoms in total. The van der Waals surface area contributed by atoms with Gasteiger partial charge in [0.1, 0.15) is 12.4 Å². The van der Waals surface area contributed by atoms with Crippen LogP contribution < -0.4 is 10.1 Å². The number of aliphatic hydroxyl groups is 1. The second-order valence-electron chi connectivity index (χ2n) is 6.61. The predicted molar refractivity (Wildman–Crippen MR) is 106 cm³/mol. The van der Waals surface area contributed by atoms with E-state index in [1.807, 2.05) is 42.5 Å². The molecule has 0 spiro atoms. The van der Waals surface area contributed by atoms with Gasteiger partial charge in [0.25, 0.3) is 0 Å². The van der Waals surface area contributed by atoms with Crippen molar-refractivity contribution in [3.05, 3.63) is 66.0 Å². The van der Waals surface area contributed by atoms with Crippen LogP contribution in [0.25, 0.3) is 11.4 Å². The molecule has 0 aliphatic carbocycles. The maximum atomic E-state index is 11.8. The Balaban J connectivity index is 1.50. The summed E-state index contributed by atoms with van der Waals surface area (Å²) in [5.74, 6) is 0.622. The Hall–Kier alpha value is -3.19. The van der Waals surface area contributed by atoms with Gasteiger partial charge in [0.15, 0.2) is 0 Å². The topological polar surface area (TPSA) is 100 Å². The lowest BCUT2D eigenvalue weighted by Gasteiger charge is -2.09. The Labute approximate surface area is 163 Å². The Morgan fingerprint density at radius 3 is 2.82 bits per heavy atom. The van der Waals surface area contributed by atoms with Gasteiger partial charge >= 0.3 is 0 Å². The molecule has 1 atom stereocenters. The first-order valence-electron chi connectivity index (χ1n) is 9.21. The molecule has 0 saturated carbocycles. The number of carbonyl (C=O) groups is 1. The molecule has 0 aliphatic heterocycles. The summed E-state index contributed by atoms with van der Waals surface area (Å²) in [6, 6.07) is 13.6. The molecular formula is C21H24N4O3. The van der Waals surface area contributed by atoms with Gasteiger partial charge < -0.3 is 15.2 Å². The van der Waals surface area contributed by atoms with Crippen molar-refractivity contribution in [1.82, 2.24) is 20.5 Å². The molecule has 0 aliphatic rings. The molecule has 2 heterocycles. The van der Waals surface area contributed by atoms with Gasteiger partial charge in [-0.05, 0) is 42.7 Å². The van der Waals surface area contributed by atoms with Crippen LogP contribution in [0, 0.1) is 0 Å². The first-order valence-corrected chi connectivity index (χ1v) is 9.21. The normalized spacial score (nSPS) is 11.8. The van der Waals surface area contributed by atoms with Crippen LogP contribution in [0.15, 0.2) is 54.9 Å². The van der Waals surface area contributed by atoms with E-state index in [4.69, 9.17) is 4.74 Å². The number of aliphatic hydroxyl groups excluding tert-OH is 1. The van der Waals surface area contributed by atoms with E-state index in [9.17, 15) is 9.90 Å². The van der Waals surface area contributed by atoms with Gasteiger partial charge in [-0.3, -0.25) is 14.9 Å². The number of hydrogen-bond donors (Lipinski definition) is 3. The molecule has 3 aromatic rings. The number of amides is 1. The fourth-order valence-electron chi connectivity index (χ4n) is 2.67. The molecule has 1 aromatic carbocycles. The molecule has 146 valence electrons. The monoisotopic (exact) mass is 380 g/mol. The van der Waals surface area contributed by atoms with Crippen molar-refractivity contribution in [1.29, 1.82) is 0 Å². The number of aryl methyl sites for hydroxylation is 1. The van der Waals surface area contributed by atoms with E-state index in [1.54, 1.807) is 19.3 Å². The number of nitrogens with one attached hydrogen (secondary N) is 2. The maximum absolute atomic E-state index is 11.8. The molecule has 3 rings (SSSR count). The summed E-state index contributed by atoms with van der Waals surface area (Å²) in [5, 5.41) is 18.7. The largest absolute Gasteiger partial charge is 0.487 e. The highest BCUT2D eigenvalue weighted by Gasteiger charge is 2.05. The van der Waals surface area contributed by atoms with Crippen molar-refractivity contribution in [3.63, 3.8) is 0 Å². The predicted octanol–water partition coefficient (Wildman–Crippen LogP) is 2.48. The minimum absolute atomic E-state index is 0.0639. The minimum atomic E-state index is -0.535. The molecule has 2 aromatic heterocycles. The van der Waals surface area contributed by atoms with E-state index in [-0.39, 0.29) is 12.5 Å². The third-order valence-corrected chi connectivity index (χ3v) is 4.15. The second kappa shape index (κ2) is 9.66. The smallest absolute Gasteiger partial charge is 0.220 e. The summed E-state index contributed by atoms with van der Waals surface area (Å²) in [4.78, 5) is 16.1. The average molecular weight is 380 g/mol. The van der Waals surface area contributed by atoms with E-state index in [0.29, 0.717) is 25.2 Å². The van der Waals surface area contributed by atoms with Gasteiger partial charge in [0.2, 0.25) is 5.91 Å². The number of nitrogens with zero attached hydrogens (tertiary/aromatic N) is 2. The SMILES string of the molecule is C[C@@H](O)CNC(=O)CCc1cccc(COc2ccc(-c3ccn[nH]3)nc2)c1. The molecule has 0 fully saturated rings. The lowest BCUT2D eigenvalue weighted by Crippen LogP contribution is -2.30. The fourth-order valence-corrected chi connectivity index (χ4v) is 2.67. The number of carbonyl (C=O) groups excluding carboxylic acids is 1. The van der Waals surface area contributed by atoms with Crippen molar-refractivity contribution >= 4 is 5.91 Å². The van der Waals surface area contributed by atoms with Crippen LogP contribution in [-0.2, 0) is 17.8 Å². The lowest BCUT2D eigenvalue weighted by molar-refractivity contribution is -0.121. The first kappa shape index (κ1) is 19.6. The third kappa shape index (κ3) is 5.92. The number of pyridine rings is 1. The highest BCUT2D eigenvalue weighted by atomic mass is 16.5. The standard InChI is InChI=1S/C21H24N4O3/c1-15(26)12-23-21(27)8-5-16-3-2-4-17(11-16)14-28-18-6-7-19(22-13-18)20-9-10-24-25-20/h2-4,6-7,9-11,13,15,26H,5,8,12,14H2,1H3,(H,23,27)(H,24,25)/t15-/m1/s1. The number of benzene rings is 1. The Morgan fingerprint density at radius 1 is 1.25 bits per heavy atom. The highest BCUT2D eigenvalue weighted by molar-refractivity contribution is 5.76. The van der Waals surface area contributed by atoms with Gasteiger partial charge in [-0.2, -0.15) is 5.10 Å². The quantitative estimate of drug-likeness (QED) is 0.530. The van der Waals surface area contributed by atoms with Crippen molar-refractivity contribution in [3.8, 4) is 17.1 Å².